The van der Waals surface area contributed by atoms with E-state index in [9.17, 15) is 9.59 Å². The summed E-state index contributed by atoms with van der Waals surface area (Å²) in [6.45, 7) is 5.19. The fraction of sp³-hybridized carbons (Fsp3) is 0.667. The number of nitrogens with two attached hydrogens (primary N) is 1. The van der Waals surface area contributed by atoms with Crippen molar-refractivity contribution in [2.45, 2.75) is 34.7 Å². The van der Waals surface area contributed by atoms with Crippen molar-refractivity contribution in [2.75, 3.05) is 24.6 Å². The average Bonchev–Trinajstić information content (AvgIpc) is 2.89. The second-order valence-corrected chi connectivity index (χ2v) is 8.36. The zero-order chi connectivity index (χ0) is 16.1. The molecule has 0 bridgehead atoms. The van der Waals surface area contributed by atoms with Crippen molar-refractivity contribution in [2.24, 2.45) is 5.73 Å². The number of ether oxygens (including phenoxy) is 1. The highest BCUT2D eigenvalue weighted by Crippen LogP contribution is 2.28. The number of rotatable bonds is 6. The summed E-state index contributed by atoms with van der Waals surface area (Å²) in [6, 6.07) is 0. The molecule has 2 rings (SSSR count). The Morgan fingerprint density at radius 2 is 1.77 bits per heavy atom. The minimum Gasteiger partial charge on any atom is -0.372 e. The number of amides is 2. The third-order valence-electron chi connectivity index (χ3n) is 2.82. The first kappa shape index (κ1) is 17.5. The van der Waals surface area contributed by atoms with Crippen molar-refractivity contribution in [1.82, 2.24) is 15.1 Å². The van der Waals surface area contributed by atoms with Crippen LogP contribution in [0.15, 0.2) is 8.68 Å². The van der Waals surface area contributed by atoms with E-state index in [1.54, 1.807) is 0 Å². The molecule has 10 heteroatoms. The van der Waals surface area contributed by atoms with Gasteiger partial charge in [0.15, 0.2) is 8.68 Å². The lowest BCUT2D eigenvalue weighted by molar-refractivity contribution is -0.140. The van der Waals surface area contributed by atoms with Crippen molar-refractivity contribution in [3.05, 3.63) is 0 Å². The summed E-state index contributed by atoms with van der Waals surface area (Å²) in [5.41, 5.74) is 5.08. The average molecular weight is 363 g/mol. The van der Waals surface area contributed by atoms with Crippen LogP contribution in [-0.2, 0) is 14.3 Å². The van der Waals surface area contributed by atoms with Gasteiger partial charge in [0, 0.05) is 13.1 Å². The largest absolute Gasteiger partial charge is 0.372 e. The molecule has 1 aromatic rings. The van der Waals surface area contributed by atoms with Crippen LogP contribution in [0.3, 0.4) is 0 Å². The number of carbonyl (C=O) groups excluding carboxylic acids is 2. The maximum atomic E-state index is 12.2. The normalized spacial score (nSPS) is 21.8. The van der Waals surface area contributed by atoms with Crippen LogP contribution < -0.4 is 5.73 Å². The Bertz CT molecular complexity index is 529. The van der Waals surface area contributed by atoms with Gasteiger partial charge in [-0.15, -0.1) is 10.2 Å². The predicted octanol–water partition coefficient (Wildman–Crippen LogP) is 0.843. The lowest BCUT2D eigenvalue weighted by Crippen LogP contribution is -2.48. The van der Waals surface area contributed by atoms with Gasteiger partial charge in [-0.2, -0.15) is 0 Å². The van der Waals surface area contributed by atoms with E-state index in [4.69, 9.17) is 10.5 Å². The van der Waals surface area contributed by atoms with E-state index in [1.807, 2.05) is 18.7 Å². The smallest absolute Gasteiger partial charge is 0.233 e. The fourth-order valence-corrected chi connectivity index (χ4v) is 4.70. The summed E-state index contributed by atoms with van der Waals surface area (Å²) < 4.78 is 7.02. The summed E-state index contributed by atoms with van der Waals surface area (Å²) >= 11 is 3.99. The van der Waals surface area contributed by atoms with Gasteiger partial charge in [-0.05, 0) is 13.8 Å². The molecule has 22 heavy (non-hydrogen) atoms. The minimum atomic E-state index is -0.389. The lowest BCUT2D eigenvalue weighted by atomic mass is 10.2. The molecule has 122 valence electrons. The van der Waals surface area contributed by atoms with Crippen molar-refractivity contribution in [3.8, 4) is 0 Å². The van der Waals surface area contributed by atoms with Crippen LogP contribution in [0.2, 0.25) is 0 Å². The van der Waals surface area contributed by atoms with E-state index in [2.05, 4.69) is 10.2 Å². The van der Waals surface area contributed by atoms with Gasteiger partial charge in [-0.3, -0.25) is 9.59 Å². The molecule has 0 spiro atoms. The Labute approximate surface area is 141 Å². The molecule has 1 fully saturated rings. The third kappa shape index (κ3) is 5.41. The second kappa shape index (κ2) is 8.14. The lowest BCUT2D eigenvalue weighted by Gasteiger charge is -2.35. The predicted molar refractivity (Wildman–Crippen MR) is 87.1 cm³/mol. The van der Waals surface area contributed by atoms with E-state index in [-0.39, 0.29) is 29.8 Å². The highest BCUT2D eigenvalue weighted by Gasteiger charge is 2.25. The molecule has 1 aromatic heterocycles. The zero-order valence-electron chi connectivity index (χ0n) is 12.4. The molecule has 1 aliphatic heterocycles. The monoisotopic (exact) mass is 362 g/mol. The third-order valence-corrected chi connectivity index (χ3v) is 6.01. The SMILES string of the molecule is C[C@@H]1CN(C(=O)CSc2nnc(SCC(N)=O)s2)C[C@H](C)O1. The Kier molecular flexibility index (Phi) is 6.48. The van der Waals surface area contributed by atoms with Crippen molar-refractivity contribution in [3.63, 3.8) is 0 Å². The van der Waals surface area contributed by atoms with Crippen LogP contribution in [0.5, 0.6) is 0 Å². The molecule has 2 heterocycles. The van der Waals surface area contributed by atoms with Gasteiger partial charge in [0.05, 0.1) is 23.7 Å². The number of primary amides is 1. The topological polar surface area (TPSA) is 98.4 Å². The molecule has 1 aliphatic rings. The number of morpholine rings is 1. The molecule has 2 amide bonds. The molecule has 1 saturated heterocycles. The van der Waals surface area contributed by atoms with Crippen molar-refractivity contribution in [1.29, 1.82) is 0 Å². The summed E-state index contributed by atoms with van der Waals surface area (Å²) in [4.78, 5) is 24.8. The Morgan fingerprint density at radius 1 is 1.23 bits per heavy atom. The number of nitrogens with zero attached hydrogens (tertiary/aromatic N) is 3. The Morgan fingerprint density at radius 3 is 2.32 bits per heavy atom. The maximum absolute atomic E-state index is 12.2. The molecule has 0 aliphatic carbocycles. The van der Waals surface area contributed by atoms with E-state index in [0.717, 1.165) is 4.34 Å². The van der Waals surface area contributed by atoms with Gasteiger partial charge in [0.25, 0.3) is 0 Å². The van der Waals surface area contributed by atoms with Gasteiger partial charge in [0.2, 0.25) is 11.8 Å². The number of hydrogen-bond donors (Lipinski definition) is 1. The Hall–Kier alpha value is -0.840. The summed E-state index contributed by atoms with van der Waals surface area (Å²) in [7, 11) is 0. The highest BCUT2D eigenvalue weighted by atomic mass is 32.2. The Balaban J connectivity index is 1.79. The first-order chi connectivity index (χ1) is 10.4. The first-order valence-corrected chi connectivity index (χ1v) is 9.53. The zero-order valence-corrected chi connectivity index (χ0v) is 14.8. The number of hydrogen-bond acceptors (Lipinski definition) is 8. The molecule has 7 nitrogen and oxygen atoms in total. The van der Waals surface area contributed by atoms with Crippen molar-refractivity contribution < 1.29 is 14.3 Å². The molecular weight excluding hydrogens is 344 g/mol. The van der Waals surface area contributed by atoms with Crippen LogP contribution >= 0.6 is 34.9 Å². The quantitative estimate of drug-likeness (QED) is 0.749. The molecule has 2 N–H and O–H groups in total. The van der Waals surface area contributed by atoms with Crippen LogP contribution in [0, 0.1) is 0 Å². The molecule has 0 saturated carbocycles. The van der Waals surface area contributed by atoms with E-state index >= 15 is 0 Å². The highest BCUT2D eigenvalue weighted by molar-refractivity contribution is 8.03. The number of thioether (sulfide) groups is 2. The molecular formula is C12H18N4O3S3. The van der Waals surface area contributed by atoms with Gasteiger partial charge in [0.1, 0.15) is 0 Å². The summed E-state index contributed by atoms with van der Waals surface area (Å²) in [6.07, 6.45) is 0.132. The van der Waals surface area contributed by atoms with E-state index < -0.39 is 0 Å². The molecule has 0 unspecified atom stereocenters. The summed E-state index contributed by atoms with van der Waals surface area (Å²) in [5, 5.41) is 7.96. The second-order valence-electron chi connectivity index (χ2n) is 4.93. The van der Waals surface area contributed by atoms with Crippen LogP contribution in [0.1, 0.15) is 13.8 Å². The number of aromatic nitrogens is 2. The maximum Gasteiger partial charge on any atom is 0.233 e. The number of carbonyl (C=O) groups is 2. The molecule has 0 aromatic carbocycles. The summed E-state index contributed by atoms with van der Waals surface area (Å²) in [5.74, 6) is 0.199. The van der Waals surface area contributed by atoms with Crippen LogP contribution in [0.25, 0.3) is 0 Å². The van der Waals surface area contributed by atoms with E-state index in [0.29, 0.717) is 23.2 Å². The van der Waals surface area contributed by atoms with Crippen LogP contribution in [0.4, 0.5) is 0 Å². The first-order valence-electron chi connectivity index (χ1n) is 6.74. The van der Waals surface area contributed by atoms with Gasteiger partial charge >= 0.3 is 0 Å². The molecule has 2 atom stereocenters. The van der Waals surface area contributed by atoms with Crippen molar-refractivity contribution >= 4 is 46.7 Å². The van der Waals surface area contributed by atoms with Gasteiger partial charge in [-0.1, -0.05) is 34.9 Å². The van der Waals surface area contributed by atoms with E-state index in [1.165, 1.54) is 34.9 Å². The fourth-order valence-electron chi connectivity index (χ4n) is 2.04. The van der Waals surface area contributed by atoms with Crippen LogP contribution in [-0.4, -0.2) is 63.7 Å². The van der Waals surface area contributed by atoms with Gasteiger partial charge in [-0.25, -0.2) is 0 Å². The van der Waals surface area contributed by atoms with Gasteiger partial charge < -0.3 is 15.4 Å². The standard InChI is InChI=1S/C12H18N4O3S3/c1-7-3-16(4-8(2)19-7)10(18)6-21-12-15-14-11(22-12)20-5-9(13)17/h7-8H,3-6H2,1-2H3,(H2,13,17)/t7-,8+. The molecule has 0 radical (unpaired) electrons. The minimum absolute atomic E-state index is 0.0658.